The molecule has 0 nitrogen and oxygen atoms in total. The van der Waals surface area contributed by atoms with E-state index >= 15 is 0 Å². The van der Waals surface area contributed by atoms with Crippen LogP contribution in [0.5, 0.6) is 0 Å². The van der Waals surface area contributed by atoms with Gasteiger partial charge in [0, 0.05) is 0 Å². The van der Waals surface area contributed by atoms with E-state index < -0.39 is 0 Å². The van der Waals surface area contributed by atoms with Crippen LogP contribution in [0.2, 0.25) is 0 Å². The topological polar surface area (TPSA) is 0 Å². The van der Waals surface area contributed by atoms with Crippen molar-refractivity contribution >= 4 is 11.1 Å². The Bertz CT molecular complexity index is 603. The molecule has 0 unspecified atom stereocenters. The summed E-state index contributed by atoms with van der Waals surface area (Å²) in [6.07, 6.45) is 1.08. The molecule has 0 saturated carbocycles. The molecule has 0 fully saturated rings. The van der Waals surface area contributed by atoms with Gasteiger partial charge in [0.2, 0.25) is 0 Å². The molecule has 0 atom stereocenters. The third kappa shape index (κ3) is 1.61. The predicted molar refractivity (Wildman–Crippen MR) is 73.8 cm³/mol. The Balaban J connectivity index is 2.15. The van der Waals surface area contributed by atoms with Crippen molar-refractivity contribution < 1.29 is 0 Å². The molecule has 84 valence electrons. The van der Waals surface area contributed by atoms with Gasteiger partial charge >= 0.3 is 0 Å². The molecule has 3 rings (SSSR count). The summed E-state index contributed by atoms with van der Waals surface area (Å²) in [5.41, 5.74) is 8.59. The van der Waals surface area contributed by atoms with Crippen LogP contribution in [0.25, 0.3) is 11.1 Å². The van der Waals surface area contributed by atoms with E-state index in [0.29, 0.717) is 0 Å². The van der Waals surface area contributed by atoms with E-state index in [1.807, 2.05) is 0 Å². The first-order valence-corrected chi connectivity index (χ1v) is 6.11. The van der Waals surface area contributed by atoms with E-state index in [-0.39, 0.29) is 0 Å². The molecule has 17 heavy (non-hydrogen) atoms. The van der Waals surface area contributed by atoms with Gasteiger partial charge in [-0.05, 0) is 53.7 Å². The highest BCUT2D eigenvalue weighted by Gasteiger charge is 2.19. The minimum Gasteiger partial charge on any atom is -0.0620 e. The number of rotatable bonds is 1. The van der Waals surface area contributed by atoms with Crippen molar-refractivity contribution in [3.05, 3.63) is 70.8 Å². The van der Waals surface area contributed by atoms with Crippen molar-refractivity contribution in [3.63, 3.8) is 0 Å². The van der Waals surface area contributed by atoms with Gasteiger partial charge in [-0.2, -0.15) is 0 Å². The van der Waals surface area contributed by atoms with Crippen molar-refractivity contribution in [3.8, 4) is 0 Å². The average molecular weight is 220 g/mol. The Kier molecular flexibility index (Phi) is 2.36. The van der Waals surface area contributed by atoms with Crippen LogP contribution in [-0.4, -0.2) is 0 Å². The Morgan fingerprint density at radius 1 is 0.765 bits per heavy atom. The maximum Gasteiger partial charge on any atom is -0.00108 e. The van der Waals surface area contributed by atoms with Crippen molar-refractivity contribution in [2.45, 2.75) is 20.3 Å². The lowest BCUT2D eigenvalue weighted by molar-refractivity contribution is 1.30. The summed E-state index contributed by atoms with van der Waals surface area (Å²) >= 11 is 0. The first-order valence-electron chi connectivity index (χ1n) is 6.11. The van der Waals surface area contributed by atoms with Gasteiger partial charge in [-0.25, -0.2) is 0 Å². The lowest BCUT2D eigenvalue weighted by atomic mass is 9.97. The molecule has 0 aromatic heterocycles. The van der Waals surface area contributed by atoms with Gasteiger partial charge in [-0.15, -0.1) is 0 Å². The van der Waals surface area contributed by atoms with Gasteiger partial charge in [0.1, 0.15) is 0 Å². The third-order valence-corrected chi connectivity index (χ3v) is 3.71. The molecule has 0 heteroatoms. The van der Waals surface area contributed by atoms with Crippen LogP contribution >= 0.6 is 0 Å². The molecule has 0 amide bonds. The highest BCUT2D eigenvalue weighted by Crippen LogP contribution is 2.38. The number of aryl methyl sites for hydroxylation is 1. The fourth-order valence-electron chi connectivity index (χ4n) is 2.73. The number of fused-ring (bicyclic) bond motifs is 1. The summed E-state index contributed by atoms with van der Waals surface area (Å²) in [6.45, 7) is 4.44. The van der Waals surface area contributed by atoms with Crippen LogP contribution in [0.3, 0.4) is 0 Å². The lowest BCUT2D eigenvalue weighted by Gasteiger charge is -2.08. The molecule has 0 N–H and O–H groups in total. The van der Waals surface area contributed by atoms with Crippen molar-refractivity contribution in [1.29, 1.82) is 0 Å². The molecular weight excluding hydrogens is 204 g/mol. The summed E-state index contributed by atoms with van der Waals surface area (Å²) in [7, 11) is 0. The van der Waals surface area contributed by atoms with Crippen molar-refractivity contribution in [1.82, 2.24) is 0 Å². The van der Waals surface area contributed by atoms with Crippen molar-refractivity contribution in [2.24, 2.45) is 0 Å². The Hall–Kier alpha value is -1.82. The first kappa shape index (κ1) is 10.3. The Morgan fingerprint density at radius 2 is 1.41 bits per heavy atom. The molecule has 0 radical (unpaired) electrons. The first-order chi connectivity index (χ1) is 8.27. The molecule has 1 aliphatic carbocycles. The van der Waals surface area contributed by atoms with Gasteiger partial charge in [0.15, 0.2) is 0 Å². The molecule has 0 bridgehead atoms. The zero-order valence-corrected chi connectivity index (χ0v) is 10.3. The second-order valence-electron chi connectivity index (χ2n) is 4.75. The number of benzene rings is 2. The summed E-state index contributed by atoms with van der Waals surface area (Å²) in [5.74, 6) is 0. The van der Waals surface area contributed by atoms with E-state index in [4.69, 9.17) is 0 Å². The number of hydrogen-bond acceptors (Lipinski definition) is 0. The standard InChI is InChI=1S/C17H16/c1-12-7-3-5-9-15(12)17-11-14-8-4-6-10-16(14)13(17)2/h3-10H,11H2,1-2H3. The maximum absolute atomic E-state index is 2.24. The highest BCUT2D eigenvalue weighted by atomic mass is 14.2. The fraction of sp³-hybridized carbons (Fsp3) is 0.176. The van der Waals surface area contributed by atoms with Crippen LogP contribution in [0.15, 0.2) is 48.5 Å². The van der Waals surface area contributed by atoms with Gasteiger partial charge in [-0.3, -0.25) is 0 Å². The van der Waals surface area contributed by atoms with Crippen LogP contribution in [-0.2, 0) is 6.42 Å². The van der Waals surface area contributed by atoms with Crippen LogP contribution in [0.4, 0.5) is 0 Å². The smallest absolute Gasteiger partial charge is 0.00108 e. The molecule has 1 aliphatic rings. The zero-order chi connectivity index (χ0) is 11.8. The lowest BCUT2D eigenvalue weighted by Crippen LogP contribution is -1.89. The second kappa shape index (κ2) is 3.89. The molecule has 2 aromatic carbocycles. The molecule has 0 saturated heterocycles. The van der Waals surface area contributed by atoms with Gasteiger partial charge in [0.25, 0.3) is 0 Å². The van der Waals surface area contributed by atoms with Crippen LogP contribution in [0.1, 0.15) is 29.2 Å². The Morgan fingerprint density at radius 3 is 2.12 bits per heavy atom. The maximum atomic E-state index is 2.24. The molecule has 2 aromatic rings. The SMILES string of the molecule is CC1=C(c2ccccc2C)Cc2ccccc21. The minimum absolute atomic E-state index is 1.08. The second-order valence-corrected chi connectivity index (χ2v) is 4.75. The van der Waals surface area contributed by atoms with Gasteiger partial charge < -0.3 is 0 Å². The normalized spacial score (nSPS) is 14.0. The van der Waals surface area contributed by atoms with Gasteiger partial charge in [-0.1, -0.05) is 48.5 Å². The number of allylic oxidation sites excluding steroid dienone is 2. The molecule has 0 spiro atoms. The summed E-state index contributed by atoms with van der Waals surface area (Å²) in [5, 5.41) is 0. The molecule has 0 aliphatic heterocycles. The van der Waals surface area contributed by atoms with Gasteiger partial charge in [0.05, 0.1) is 0 Å². The zero-order valence-electron chi connectivity index (χ0n) is 10.3. The highest BCUT2D eigenvalue weighted by molar-refractivity contribution is 5.96. The fourth-order valence-corrected chi connectivity index (χ4v) is 2.73. The van der Waals surface area contributed by atoms with Crippen LogP contribution < -0.4 is 0 Å². The van der Waals surface area contributed by atoms with E-state index in [0.717, 1.165) is 6.42 Å². The van der Waals surface area contributed by atoms with E-state index in [1.54, 1.807) is 0 Å². The van der Waals surface area contributed by atoms with E-state index in [9.17, 15) is 0 Å². The summed E-state index contributed by atoms with van der Waals surface area (Å²) in [6, 6.07) is 17.4. The third-order valence-electron chi connectivity index (χ3n) is 3.71. The summed E-state index contributed by atoms with van der Waals surface area (Å²) in [4.78, 5) is 0. The molecular formula is C17H16. The average Bonchev–Trinajstić information content (AvgIpc) is 2.68. The number of hydrogen-bond donors (Lipinski definition) is 0. The van der Waals surface area contributed by atoms with Crippen LogP contribution in [0, 0.1) is 6.92 Å². The Labute approximate surface area is 103 Å². The van der Waals surface area contributed by atoms with Crippen molar-refractivity contribution in [2.75, 3.05) is 0 Å². The largest absolute Gasteiger partial charge is 0.0620 e. The molecule has 0 heterocycles. The minimum atomic E-state index is 1.08. The summed E-state index contributed by atoms with van der Waals surface area (Å²) < 4.78 is 0. The van der Waals surface area contributed by atoms with E-state index in [1.165, 1.54) is 33.4 Å². The quantitative estimate of drug-likeness (QED) is 0.664. The monoisotopic (exact) mass is 220 g/mol. The van der Waals surface area contributed by atoms with E-state index in [2.05, 4.69) is 62.4 Å². The predicted octanol–water partition coefficient (Wildman–Crippen LogP) is 4.48.